The first kappa shape index (κ1) is 36.3. The molecule has 0 saturated carbocycles. The van der Waals surface area contributed by atoms with Gasteiger partial charge in [-0.3, -0.25) is 24.0 Å². The molecule has 7 atom stereocenters. The van der Waals surface area contributed by atoms with Crippen LogP contribution in [-0.2, 0) is 48.0 Å². The predicted molar refractivity (Wildman–Crippen MR) is 199 cm³/mol. The number of carbonyl (C=O) groups is 4. The van der Waals surface area contributed by atoms with Gasteiger partial charge < -0.3 is 31.0 Å². The number of hydrogen-bond acceptors (Lipinski definition) is 7. The normalized spacial score (nSPS) is 27.3. The van der Waals surface area contributed by atoms with Crippen molar-refractivity contribution >= 4 is 34.5 Å². The third kappa shape index (κ3) is 8.45. The Morgan fingerprint density at radius 2 is 1.36 bits per heavy atom. The highest BCUT2D eigenvalue weighted by molar-refractivity contribution is 5.96. The summed E-state index contributed by atoms with van der Waals surface area (Å²) in [6.45, 7) is 6.44. The predicted octanol–water partition coefficient (Wildman–Crippen LogP) is 2.97. The molecule has 0 bridgehead atoms. The van der Waals surface area contributed by atoms with E-state index >= 15 is 0 Å². The molecule has 3 fully saturated rings. The lowest BCUT2D eigenvalue weighted by atomic mass is 9.89. The lowest BCUT2D eigenvalue weighted by molar-refractivity contribution is -0.171. The minimum Gasteiger partial charge on any atom is -0.371 e. The zero-order valence-corrected chi connectivity index (χ0v) is 30.3. The highest BCUT2D eigenvalue weighted by Gasteiger charge is 2.57. The molecule has 3 aromatic carbocycles. The van der Waals surface area contributed by atoms with Gasteiger partial charge in [-0.1, -0.05) is 78.9 Å². The molecule has 0 aliphatic carbocycles. The Morgan fingerprint density at radius 1 is 0.736 bits per heavy atom. The van der Waals surface area contributed by atoms with Crippen LogP contribution in [0, 0.1) is 5.92 Å². The van der Waals surface area contributed by atoms with Crippen molar-refractivity contribution in [1.29, 1.82) is 0 Å². The molecule has 3 aliphatic rings. The second-order valence-corrected chi connectivity index (χ2v) is 15.3. The van der Waals surface area contributed by atoms with Gasteiger partial charge in [0.25, 0.3) is 5.91 Å². The SMILES string of the molecule is CC(C)(C)O[C@H]1CCN2O[C@H]3C(=O)N[C@@H](Cc4c[nH]c5ccccc45)C(=O)N[C@@H](Cc4ccccc4)C(=O)N[C@H](Cc4ccccc4)CNC(=O)[C@H]3[C@H]12. The minimum absolute atomic E-state index is 0.0943. The molecular weight excluding hydrogens is 672 g/mol. The van der Waals surface area contributed by atoms with Gasteiger partial charge in [-0.15, -0.1) is 0 Å². The van der Waals surface area contributed by atoms with Gasteiger partial charge in [-0.25, -0.2) is 0 Å². The molecular formula is C41H48N6O6. The number of amides is 4. The van der Waals surface area contributed by atoms with Crippen LogP contribution in [0.2, 0.25) is 0 Å². The molecule has 4 amide bonds. The summed E-state index contributed by atoms with van der Waals surface area (Å²) in [4.78, 5) is 66.9. The van der Waals surface area contributed by atoms with Crippen molar-refractivity contribution in [2.45, 2.75) is 88.4 Å². The van der Waals surface area contributed by atoms with Gasteiger partial charge >= 0.3 is 0 Å². The molecule has 278 valence electrons. The fraction of sp³-hybridized carbons (Fsp3) is 0.415. The number of rotatable bonds is 7. The molecule has 0 spiro atoms. The highest BCUT2D eigenvalue weighted by atomic mass is 16.7. The van der Waals surface area contributed by atoms with Crippen molar-refractivity contribution in [1.82, 2.24) is 31.3 Å². The third-order valence-corrected chi connectivity index (χ3v) is 10.2. The van der Waals surface area contributed by atoms with Crippen molar-refractivity contribution in [2.24, 2.45) is 5.92 Å². The summed E-state index contributed by atoms with van der Waals surface area (Å²) in [7, 11) is 0. The Hall–Kier alpha value is -5.04. The zero-order chi connectivity index (χ0) is 37.1. The van der Waals surface area contributed by atoms with E-state index < -0.39 is 59.5 Å². The lowest BCUT2D eigenvalue weighted by Crippen LogP contribution is -2.60. The van der Waals surface area contributed by atoms with Gasteiger partial charge in [0.15, 0.2) is 6.10 Å². The molecule has 5 N–H and O–H groups in total. The molecule has 1 aromatic heterocycles. The number of hydrogen-bond donors (Lipinski definition) is 5. The molecule has 4 heterocycles. The van der Waals surface area contributed by atoms with E-state index in [0.29, 0.717) is 19.4 Å². The first-order valence-electron chi connectivity index (χ1n) is 18.5. The number of aromatic amines is 1. The van der Waals surface area contributed by atoms with Gasteiger partial charge in [0.1, 0.15) is 12.1 Å². The Kier molecular flexibility index (Phi) is 10.6. The van der Waals surface area contributed by atoms with E-state index in [2.05, 4.69) is 26.3 Å². The first-order chi connectivity index (χ1) is 25.5. The Balaban J connectivity index is 1.25. The fourth-order valence-electron chi connectivity index (χ4n) is 7.80. The largest absolute Gasteiger partial charge is 0.371 e. The number of nitrogens with zero attached hydrogens (tertiary/aromatic N) is 1. The Labute approximate surface area is 309 Å². The van der Waals surface area contributed by atoms with Crippen molar-refractivity contribution in [2.75, 3.05) is 13.1 Å². The smallest absolute Gasteiger partial charge is 0.252 e. The van der Waals surface area contributed by atoms with E-state index in [9.17, 15) is 19.2 Å². The summed E-state index contributed by atoms with van der Waals surface area (Å²) in [5.74, 6) is -2.83. The number of hydroxylamine groups is 2. The van der Waals surface area contributed by atoms with E-state index in [1.165, 1.54) is 0 Å². The van der Waals surface area contributed by atoms with Crippen LogP contribution in [0.3, 0.4) is 0 Å². The molecule has 53 heavy (non-hydrogen) atoms. The molecule has 4 aromatic rings. The van der Waals surface area contributed by atoms with Crippen LogP contribution in [0.5, 0.6) is 0 Å². The quantitative estimate of drug-likeness (QED) is 0.197. The van der Waals surface area contributed by atoms with Crippen LogP contribution in [0.25, 0.3) is 10.9 Å². The van der Waals surface area contributed by atoms with Gasteiger partial charge in [-0.05, 0) is 56.4 Å². The summed E-state index contributed by atoms with van der Waals surface area (Å²) in [5, 5.41) is 14.7. The van der Waals surface area contributed by atoms with Gasteiger partial charge in [-0.2, -0.15) is 5.06 Å². The number of nitrogens with one attached hydrogen (secondary N) is 5. The minimum atomic E-state index is -1.21. The molecule has 7 rings (SSSR count). The van der Waals surface area contributed by atoms with E-state index in [4.69, 9.17) is 9.57 Å². The number of ether oxygens (including phenoxy) is 1. The number of aromatic nitrogens is 1. The van der Waals surface area contributed by atoms with Crippen LogP contribution in [-0.4, -0.2) is 88.7 Å². The fourth-order valence-corrected chi connectivity index (χ4v) is 7.80. The Bertz CT molecular complexity index is 1930. The second-order valence-electron chi connectivity index (χ2n) is 15.3. The van der Waals surface area contributed by atoms with Crippen LogP contribution in [0.15, 0.2) is 91.1 Å². The number of benzene rings is 3. The molecule has 0 unspecified atom stereocenters. The first-order valence-corrected chi connectivity index (χ1v) is 18.5. The topological polar surface area (TPSA) is 154 Å². The van der Waals surface area contributed by atoms with Crippen LogP contribution in [0.4, 0.5) is 0 Å². The summed E-state index contributed by atoms with van der Waals surface area (Å²) >= 11 is 0. The zero-order valence-electron chi connectivity index (χ0n) is 30.3. The highest BCUT2D eigenvalue weighted by Crippen LogP contribution is 2.39. The van der Waals surface area contributed by atoms with Crippen molar-refractivity contribution < 1.29 is 28.8 Å². The summed E-state index contributed by atoms with van der Waals surface area (Å²) < 4.78 is 6.42. The lowest BCUT2D eigenvalue weighted by Gasteiger charge is -2.32. The monoisotopic (exact) mass is 720 g/mol. The summed E-state index contributed by atoms with van der Waals surface area (Å²) in [5.41, 5.74) is 3.03. The summed E-state index contributed by atoms with van der Waals surface area (Å²) in [6, 6.07) is 23.8. The number of para-hydroxylation sites is 1. The summed E-state index contributed by atoms with van der Waals surface area (Å²) in [6.07, 6.45) is 1.64. The van der Waals surface area contributed by atoms with Crippen LogP contribution < -0.4 is 21.3 Å². The van der Waals surface area contributed by atoms with E-state index in [1.807, 2.05) is 112 Å². The standard InChI is InChI=1S/C41H48N6O6/c1-41(2,3)52-33-18-19-47-35(33)34-36(53-47)40(51)46-32(22-27-23-42-30-17-11-10-16-29(27)30)38(49)45-31(21-26-14-8-5-9-15-26)37(48)44-28(24-43-39(34)50)20-25-12-6-4-7-13-25/h4-17,23,28,31-36,42H,18-22,24H2,1-3H3,(H,43,50)(H,44,48)(H,45,49)(H,46,51)/t28-,31+,32+,33+,34+,35+,36-/m1/s1. The van der Waals surface area contributed by atoms with E-state index in [1.54, 1.807) is 5.06 Å². The maximum atomic E-state index is 14.4. The van der Waals surface area contributed by atoms with Gasteiger partial charge in [0.2, 0.25) is 17.7 Å². The maximum Gasteiger partial charge on any atom is 0.252 e. The average molecular weight is 721 g/mol. The average Bonchev–Trinajstić information content (AvgIpc) is 3.84. The number of fused-ring (bicyclic) bond motifs is 4. The van der Waals surface area contributed by atoms with Crippen LogP contribution >= 0.6 is 0 Å². The van der Waals surface area contributed by atoms with Crippen LogP contribution in [0.1, 0.15) is 43.9 Å². The van der Waals surface area contributed by atoms with Crippen molar-refractivity contribution in [3.05, 3.63) is 108 Å². The van der Waals surface area contributed by atoms with Gasteiger partial charge in [0, 0.05) is 43.0 Å². The Morgan fingerprint density at radius 3 is 2.08 bits per heavy atom. The van der Waals surface area contributed by atoms with Crippen molar-refractivity contribution in [3.8, 4) is 0 Å². The third-order valence-electron chi connectivity index (χ3n) is 10.2. The molecule has 12 nitrogen and oxygen atoms in total. The second kappa shape index (κ2) is 15.5. The number of H-pyrrole nitrogens is 1. The maximum absolute atomic E-state index is 14.4. The number of carbonyl (C=O) groups excluding carboxylic acids is 4. The molecule has 3 saturated heterocycles. The van der Waals surface area contributed by atoms with Crippen molar-refractivity contribution in [3.63, 3.8) is 0 Å². The molecule has 0 radical (unpaired) electrons. The van der Waals surface area contributed by atoms with E-state index in [0.717, 1.165) is 27.6 Å². The molecule has 3 aliphatic heterocycles. The van der Waals surface area contributed by atoms with Gasteiger partial charge in [0.05, 0.1) is 29.7 Å². The van der Waals surface area contributed by atoms with E-state index in [-0.39, 0.29) is 31.4 Å². The molecule has 12 heteroatoms.